The number of sulfonamides is 1. The molecule has 0 aromatic heterocycles. The topological polar surface area (TPSA) is 40.6 Å². The van der Waals surface area contributed by atoms with Gasteiger partial charge in [-0.05, 0) is 35.1 Å². The van der Waals surface area contributed by atoms with Gasteiger partial charge >= 0.3 is 0 Å². The second-order valence-corrected chi connectivity index (χ2v) is 10.7. The summed E-state index contributed by atoms with van der Waals surface area (Å²) in [5.74, 6) is 1.14. The van der Waals surface area contributed by atoms with Crippen LogP contribution in [0.3, 0.4) is 0 Å². The molecule has 0 unspecified atom stereocenters. The highest BCUT2D eigenvalue weighted by Crippen LogP contribution is 2.36. The molecule has 2 heterocycles. The Labute approximate surface area is 185 Å². The van der Waals surface area contributed by atoms with E-state index in [1.807, 2.05) is 6.07 Å². The third-order valence-corrected chi connectivity index (χ3v) is 8.60. The number of nitrogens with zero attached hydrogens (tertiary/aromatic N) is 2. The first kappa shape index (κ1) is 20.4. The molecule has 3 aromatic rings. The first-order chi connectivity index (χ1) is 15.1. The molecular formula is C26H28N2O2S. The number of hydrogen-bond donors (Lipinski definition) is 0. The fourth-order valence-corrected chi connectivity index (χ4v) is 6.74. The van der Waals surface area contributed by atoms with Crippen molar-refractivity contribution in [1.82, 2.24) is 9.21 Å². The van der Waals surface area contributed by atoms with Gasteiger partial charge in [0.2, 0.25) is 10.0 Å². The van der Waals surface area contributed by atoms with Crippen LogP contribution >= 0.6 is 0 Å². The van der Waals surface area contributed by atoms with E-state index in [4.69, 9.17) is 0 Å². The summed E-state index contributed by atoms with van der Waals surface area (Å²) in [6.45, 7) is 4.13. The zero-order chi connectivity index (χ0) is 21.3. The summed E-state index contributed by atoms with van der Waals surface area (Å²) in [4.78, 5) is 2.94. The van der Waals surface area contributed by atoms with Crippen LogP contribution in [0, 0.1) is 11.8 Å². The van der Waals surface area contributed by atoms with Crippen molar-refractivity contribution in [3.63, 3.8) is 0 Å². The molecule has 31 heavy (non-hydrogen) atoms. The van der Waals surface area contributed by atoms with Crippen LogP contribution in [0.2, 0.25) is 0 Å². The molecule has 3 aromatic carbocycles. The molecule has 2 aliphatic rings. The number of fused-ring (bicyclic) bond motifs is 1. The number of rotatable bonds is 6. The van der Waals surface area contributed by atoms with Crippen LogP contribution in [0.25, 0.3) is 0 Å². The number of hydrogen-bond acceptors (Lipinski definition) is 3. The predicted molar refractivity (Wildman–Crippen MR) is 123 cm³/mol. The molecular weight excluding hydrogens is 404 g/mol. The Bertz CT molecular complexity index is 1050. The minimum Gasteiger partial charge on any atom is -0.302 e. The van der Waals surface area contributed by atoms with Crippen LogP contribution in [0.1, 0.15) is 17.0 Å². The summed E-state index contributed by atoms with van der Waals surface area (Å²) in [6, 6.07) is 30.2. The minimum atomic E-state index is -3.39. The SMILES string of the molecule is O=S(=O)(c1ccccc1)N1C[C@H]2CN(CC(c3ccccc3)c3ccccc3)C[C@@H]2C1. The van der Waals surface area contributed by atoms with E-state index in [1.54, 1.807) is 28.6 Å². The van der Waals surface area contributed by atoms with E-state index in [0.717, 1.165) is 19.6 Å². The molecule has 4 nitrogen and oxygen atoms in total. The number of benzene rings is 3. The number of likely N-dealkylation sites (tertiary alicyclic amines) is 1. The Morgan fingerprint density at radius 3 is 1.61 bits per heavy atom. The quantitative estimate of drug-likeness (QED) is 0.590. The van der Waals surface area contributed by atoms with Crippen molar-refractivity contribution in [2.24, 2.45) is 11.8 Å². The monoisotopic (exact) mass is 432 g/mol. The molecule has 0 radical (unpaired) electrons. The normalized spacial score (nSPS) is 22.1. The molecule has 2 saturated heterocycles. The average molecular weight is 433 g/mol. The second kappa shape index (κ2) is 8.58. The van der Waals surface area contributed by atoms with E-state index in [-0.39, 0.29) is 0 Å². The third kappa shape index (κ3) is 4.18. The van der Waals surface area contributed by atoms with E-state index in [1.165, 1.54) is 11.1 Å². The molecule has 5 heteroatoms. The fraction of sp³-hybridized carbons (Fsp3) is 0.308. The van der Waals surface area contributed by atoms with Crippen LogP contribution < -0.4 is 0 Å². The van der Waals surface area contributed by atoms with E-state index in [2.05, 4.69) is 65.6 Å². The molecule has 0 spiro atoms. The van der Waals surface area contributed by atoms with Crippen LogP contribution in [0.5, 0.6) is 0 Å². The lowest BCUT2D eigenvalue weighted by atomic mass is 9.91. The molecule has 2 fully saturated rings. The highest BCUT2D eigenvalue weighted by atomic mass is 32.2. The van der Waals surface area contributed by atoms with Gasteiger partial charge in [0.25, 0.3) is 0 Å². The maximum atomic E-state index is 13.0. The lowest BCUT2D eigenvalue weighted by Crippen LogP contribution is -2.34. The Kier molecular flexibility index (Phi) is 5.65. The third-order valence-electron chi connectivity index (χ3n) is 6.75. The first-order valence-corrected chi connectivity index (χ1v) is 12.4. The summed E-state index contributed by atoms with van der Waals surface area (Å²) in [7, 11) is -3.39. The van der Waals surface area contributed by atoms with Crippen molar-refractivity contribution in [3.8, 4) is 0 Å². The van der Waals surface area contributed by atoms with Gasteiger partial charge in [0.05, 0.1) is 4.90 Å². The summed E-state index contributed by atoms with van der Waals surface area (Å²) in [5, 5.41) is 0. The first-order valence-electron chi connectivity index (χ1n) is 11.0. The van der Waals surface area contributed by atoms with Gasteiger partial charge in [0, 0.05) is 38.6 Å². The Hall–Kier alpha value is -2.47. The van der Waals surface area contributed by atoms with E-state index in [9.17, 15) is 8.42 Å². The van der Waals surface area contributed by atoms with Crippen LogP contribution in [-0.4, -0.2) is 50.3 Å². The van der Waals surface area contributed by atoms with Crippen molar-refractivity contribution < 1.29 is 8.42 Å². The lowest BCUT2D eigenvalue weighted by Gasteiger charge is -2.26. The molecule has 0 saturated carbocycles. The summed E-state index contributed by atoms with van der Waals surface area (Å²) >= 11 is 0. The van der Waals surface area contributed by atoms with Gasteiger partial charge in [-0.1, -0.05) is 78.9 Å². The average Bonchev–Trinajstić information content (AvgIpc) is 3.39. The Morgan fingerprint density at radius 1 is 0.677 bits per heavy atom. The van der Waals surface area contributed by atoms with Crippen LogP contribution in [0.15, 0.2) is 95.9 Å². The van der Waals surface area contributed by atoms with Gasteiger partial charge in [0.1, 0.15) is 0 Å². The molecule has 160 valence electrons. The van der Waals surface area contributed by atoms with Gasteiger partial charge in [-0.15, -0.1) is 0 Å². The Morgan fingerprint density at radius 2 is 1.13 bits per heavy atom. The highest BCUT2D eigenvalue weighted by Gasteiger charge is 2.44. The van der Waals surface area contributed by atoms with Crippen molar-refractivity contribution in [3.05, 3.63) is 102 Å². The van der Waals surface area contributed by atoms with Crippen molar-refractivity contribution in [2.45, 2.75) is 10.8 Å². The smallest absolute Gasteiger partial charge is 0.243 e. The largest absolute Gasteiger partial charge is 0.302 e. The minimum absolute atomic E-state index is 0.324. The predicted octanol–water partition coefficient (Wildman–Crippen LogP) is 4.07. The fourth-order valence-electron chi connectivity index (χ4n) is 5.17. The molecule has 2 aliphatic heterocycles. The van der Waals surface area contributed by atoms with E-state index >= 15 is 0 Å². The van der Waals surface area contributed by atoms with E-state index in [0.29, 0.717) is 35.7 Å². The maximum Gasteiger partial charge on any atom is 0.243 e. The zero-order valence-electron chi connectivity index (χ0n) is 17.5. The van der Waals surface area contributed by atoms with Gasteiger partial charge in [-0.25, -0.2) is 8.42 Å². The molecule has 0 aliphatic carbocycles. The van der Waals surface area contributed by atoms with Gasteiger partial charge in [0.15, 0.2) is 0 Å². The summed E-state index contributed by atoms with van der Waals surface area (Å²) in [5.41, 5.74) is 2.66. The lowest BCUT2D eigenvalue weighted by molar-refractivity contribution is 0.288. The highest BCUT2D eigenvalue weighted by molar-refractivity contribution is 7.89. The van der Waals surface area contributed by atoms with Gasteiger partial charge in [-0.2, -0.15) is 4.31 Å². The Balaban J connectivity index is 1.29. The molecule has 0 N–H and O–H groups in total. The van der Waals surface area contributed by atoms with Crippen molar-refractivity contribution in [2.75, 3.05) is 32.7 Å². The van der Waals surface area contributed by atoms with Crippen LogP contribution in [-0.2, 0) is 10.0 Å². The van der Waals surface area contributed by atoms with Gasteiger partial charge in [-0.3, -0.25) is 0 Å². The second-order valence-electron chi connectivity index (χ2n) is 8.75. The zero-order valence-corrected chi connectivity index (χ0v) is 18.4. The van der Waals surface area contributed by atoms with Crippen LogP contribution in [0.4, 0.5) is 0 Å². The maximum absolute atomic E-state index is 13.0. The molecule has 5 rings (SSSR count). The molecule has 0 amide bonds. The standard InChI is InChI=1S/C26H28N2O2S/c29-31(30,25-14-8-3-9-15-25)28-18-23-16-27(17-24(23)19-28)20-26(21-10-4-1-5-11-21)22-12-6-2-7-13-22/h1-15,23-24,26H,16-20H2/t23-,24-/m1/s1. The molecule has 0 bridgehead atoms. The van der Waals surface area contributed by atoms with E-state index < -0.39 is 10.0 Å². The summed E-state index contributed by atoms with van der Waals surface area (Å²) < 4.78 is 27.7. The van der Waals surface area contributed by atoms with Crippen molar-refractivity contribution >= 4 is 10.0 Å². The van der Waals surface area contributed by atoms with Crippen molar-refractivity contribution in [1.29, 1.82) is 0 Å². The molecule has 2 atom stereocenters. The van der Waals surface area contributed by atoms with Gasteiger partial charge < -0.3 is 4.90 Å². The summed E-state index contributed by atoms with van der Waals surface area (Å²) in [6.07, 6.45) is 0.